The predicted octanol–water partition coefficient (Wildman–Crippen LogP) is 1.01. The standard InChI is InChI=1S/C16H23N5O2/c1-11(20(2)3)9-17-16(23)21(4)10-14-18-13-8-6-5-7-12(13)15(22)19-14/h5-8,11H,9-10H2,1-4H3,(H,17,23)(H,18,19,22)/t11-/m1/s1. The summed E-state index contributed by atoms with van der Waals surface area (Å²) < 4.78 is 0. The highest BCUT2D eigenvalue weighted by Gasteiger charge is 2.13. The summed E-state index contributed by atoms with van der Waals surface area (Å²) in [5.74, 6) is 0.465. The molecule has 2 rings (SSSR count). The summed E-state index contributed by atoms with van der Waals surface area (Å²) in [5, 5.41) is 3.41. The van der Waals surface area contributed by atoms with E-state index in [1.165, 1.54) is 4.90 Å². The van der Waals surface area contributed by atoms with Crippen LogP contribution in [0.25, 0.3) is 10.9 Å². The van der Waals surface area contributed by atoms with E-state index in [2.05, 4.69) is 15.3 Å². The fourth-order valence-electron chi connectivity index (χ4n) is 2.06. The van der Waals surface area contributed by atoms with Gasteiger partial charge in [0, 0.05) is 19.6 Å². The minimum atomic E-state index is -0.200. The Bertz CT molecular complexity index is 741. The number of urea groups is 1. The zero-order chi connectivity index (χ0) is 17.0. The normalized spacial score (nSPS) is 12.4. The van der Waals surface area contributed by atoms with E-state index in [1.54, 1.807) is 25.2 Å². The van der Waals surface area contributed by atoms with Gasteiger partial charge >= 0.3 is 6.03 Å². The maximum absolute atomic E-state index is 12.1. The van der Waals surface area contributed by atoms with Gasteiger partial charge in [0.1, 0.15) is 5.82 Å². The molecule has 0 aliphatic carbocycles. The Morgan fingerprint density at radius 1 is 1.30 bits per heavy atom. The largest absolute Gasteiger partial charge is 0.336 e. The summed E-state index contributed by atoms with van der Waals surface area (Å²) in [6, 6.07) is 7.18. The first kappa shape index (κ1) is 17.0. The summed E-state index contributed by atoms with van der Waals surface area (Å²) in [5.41, 5.74) is 0.432. The lowest BCUT2D eigenvalue weighted by Gasteiger charge is -2.22. The first-order valence-electron chi connectivity index (χ1n) is 7.52. The molecule has 7 nitrogen and oxygen atoms in total. The molecule has 0 aliphatic rings. The summed E-state index contributed by atoms with van der Waals surface area (Å²) in [6.07, 6.45) is 0. The van der Waals surface area contributed by atoms with E-state index in [9.17, 15) is 9.59 Å². The third-order valence-electron chi connectivity index (χ3n) is 3.83. The van der Waals surface area contributed by atoms with Crippen molar-refractivity contribution in [3.63, 3.8) is 0 Å². The van der Waals surface area contributed by atoms with Gasteiger partial charge < -0.3 is 20.1 Å². The van der Waals surface area contributed by atoms with Crippen LogP contribution >= 0.6 is 0 Å². The van der Waals surface area contributed by atoms with E-state index in [-0.39, 0.29) is 24.2 Å². The number of H-pyrrole nitrogens is 1. The van der Waals surface area contributed by atoms with Crippen molar-refractivity contribution in [2.45, 2.75) is 19.5 Å². The van der Waals surface area contributed by atoms with Crippen LogP contribution < -0.4 is 10.9 Å². The van der Waals surface area contributed by atoms with Crippen LogP contribution in [0.4, 0.5) is 4.79 Å². The molecule has 0 spiro atoms. The third-order valence-corrected chi connectivity index (χ3v) is 3.83. The molecule has 2 N–H and O–H groups in total. The van der Waals surface area contributed by atoms with Gasteiger partial charge in [-0.05, 0) is 33.2 Å². The maximum Gasteiger partial charge on any atom is 0.317 e. The number of carbonyl (C=O) groups excluding carboxylic acids is 1. The van der Waals surface area contributed by atoms with Crippen molar-refractivity contribution in [1.29, 1.82) is 0 Å². The lowest BCUT2D eigenvalue weighted by atomic mass is 10.2. The van der Waals surface area contributed by atoms with Gasteiger partial charge in [0.15, 0.2) is 0 Å². The second kappa shape index (κ2) is 7.23. The number of aromatic amines is 1. The SMILES string of the molecule is C[C@H](CNC(=O)N(C)Cc1nc2ccccc2c(=O)[nH]1)N(C)C. The maximum atomic E-state index is 12.1. The van der Waals surface area contributed by atoms with Gasteiger partial charge in [0.05, 0.1) is 17.4 Å². The number of fused-ring (bicyclic) bond motifs is 1. The van der Waals surface area contributed by atoms with Gasteiger partial charge in [-0.1, -0.05) is 12.1 Å². The summed E-state index contributed by atoms with van der Waals surface area (Å²) in [7, 11) is 5.60. The van der Waals surface area contributed by atoms with Crippen LogP contribution in [-0.4, -0.2) is 59.5 Å². The van der Waals surface area contributed by atoms with E-state index in [0.717, 1.165) is 0 Å². The molecule has 124 valence electrons. The minimum absolute atomic E-state index is 0.194. The Labute approximate surface area is 135 Å². The monoisotopic (exact) mass is 317 g/mol. The number of likely N-dealkylation sites (N-methyl/N-ethyl adjacent to an activating group) is 1. The predicted molar refractivity (Wildman–Crippen MR) is 90.4 cm³/mol. The van der Waals surface area contributed by atoms with Gasteiger partial charge in [-0.25, -0.2) is 9.78 Å². The number of hydrogen-bond acceptors (Lipinski definition) is 4. The number of nitrogens with one attached hydrogen (secondary N) is 2. The Morgan fingerprint density at radius 3 is 2.70 bits per heavy atom. The van der Waals surface area contributed by atoms with Gasteiger partial charge in [-0.15, -0.1) is 0 Å². The van der Waals surface area contributed by atoms with Crippen LogP contribution in [0.1, 0.15) is 12.7 Å². The second-order valence-electron chi connectivity index (χ2n) is 5.88. The Morgan fingerprint density at radius 2 is 2.00 bits per heavy atom. The molecular weight excluding hydrogens is 294 g/mol. The van der Waals surface area contributed by atoms with Gasteiger partial charge in [0.25, 0.3) is 5.56 Å². The first-order chi connectivity index (χ1) is 10.9. The van der Waals surface area contributed by atoms with E-state index in [4.69, 9.17) is 0 Å². The number of nitrogens with zero attached hydrogens (tertiary/aromatic N) is 3. The number of hydrogen-bond donors (Lipinski definition) is 2. The van der Waals surface area contributed by atoms with Crippen LogP contribution in [0.2, 0.25) is 0 Å². The van der Waals surface area contributed by atoms with Crippen molar-refractivity contribution < 1.29 is 4.79 Å². The average molecular weight is 317 g/mol. The Kier molecular flexibility index (Phi) is 5.33. The molecule has 0 bridgehead atoms. The van der Waals surface area contributed by atoms with Crippen LogP contribution in [0, 0.1) is 0 Å². The molecule has 23 heavy (non-hydrogen) atoms. The zero-order valence-corrected chi connectivity index (χ0v) is 14.0. The molecule has 0 aliphatic heterocycles. The highest BCUT2D eigenvalue weighted by molar-refractivity contribution is 5.77. The fourth-order valence-corrected chi connectivity index (χ4v) is 2.06. The summed E-state index contributed by atoms with van der Waals surface area (Å²) in [4.78, 5) is 34.8. The van der Waals surface area contributed by atoms with Gasteiger partial charge in [-0.3, -0.25) is 4.79 Å². The zero-order valence-electron chi connectivity index (χ0n) is 14.0. The summed E-state index contributed by atoms with van der Waals surface area (Å²) >= 11 is 0. The first-order valence-corrected chi connectivity index (χ1v) is 7.52. The minimum Gasteiger partial charge on any atom is -0.336 e. The van der Waals surface area contributed by atoms with E-state index < -0.39 is 0 Å². The van der Waals surface area contributed by atoms with Crippen molar-refractivity contribution in [1.82, 2.24) is 25.1 Å². The molecule has 0 saturated carbocycles. The van der Waals surface area contributed by atoms with Crippen LogP contribution in [0.15, 0.2) is 29.1 Å². The molecule has 1 aromatic carbocycles. The second-order valence-corrected chi connectivity index (χ2v) is 5.88. The number of benzene rings is 1. The van der Waals surface area contributed by atoms with E-state index in [0.29, 0.717) is 23.3 Å². The topological polar surface area (TPSA) is 81.3 Å². The lowest BCUT2D eigenvalue weighted by Crippen LogP contribution is -2.43. The molecule has 0 unspecified atom stereocenters. The molecular formula is C16H23N5O2. The number of rotatable bonds is 5. The molecule has 1 heterocycles. The van der Waals surface area contributed by atoms with E-state index in [1.807, 2.05) is 32.0 Å². The Balaban J connectivity index is 2.04. The van der Waals surface area contributed by atoms with Crippen LogP contribution in [0.3, 0.4) is 0 Å². The molecule has 2 amide bonds. The van der Waals surface area contributed by atoms with E-state index >= 15 is 0 Å². The molecule has 1 aromatic heterocycles. The number of carbonyl (C=O) groups is 1. The molecule has 0 radical (unpaired) electrons. The van der Waals surface area contributed by atoms with Gasteiger partial charge in [0.2, 0.25) is 0 Å². The molecule has 2 aromatic rings. The molecule has 7 heteroatoms. The van der Waals surface area contributed by atoms with Crippen molar-refractivity contribution in [2.24, 2.45) is 0 Å². The van der Waals surface area contributed by atoms with Crippen molar-refractivity contribution >= 4 is 16.9 Å². The highest BCUT2D eigenvalue weighted by Crippen LogP contribution is 2.06. The van der Waals surface area contributed by atoms with Gasteiger partial charge in [-0.2, -0.15) is 0 Å². The fraction of sp³-hybridized carbons (Fsp3) is 0.438. The van der Waals surface area contributed by atoms with Crippen molar-refractivity contribution in [3.05, 3.63) is 40.4 Å². The average Bonchev–Trinajstić information content (AvgIpc) is 2.52. The smallest absolute Gasteiger partial charge is 0.317 e. The Hall–Kier alpha value is -2.41. The van der Waals surface area contributed by atoms with Crippen LogP contribution in [-0.2, 0) is 6.54 Å². The number of para-hydroxylation sites is 1. The number of aromatic nitrogens is 2. The number of amides is 2. The van der Waals surface area contributed by atoms with Crippen molar-refractivity contribution in [2.75, 3.05) is 27.7 Å². The van der Waals surface area contributed by atoms with Crippen LogP contribution in [0.5, 0.6) is 0 Å². The van der Waals surface area contributed by atoms with Crippen molar-refractivity contribution in [3.8, 4) is 0 Å². The third kappa shape index (κ3) is 4.29. The molecule has 1 atom stereocenters. The molecule has 0 fully saturated rings. The highest BCUT2D eigenvalue weighted by atomic mass is 16.2. The summed E-state index contributed by atoms with van der Waals surface area (Å²) in [6.45, 7) is 2.82. The lowest BCUT2D eigenvalue weighted by molar-refractivity contribution is 0.201. The quantitative estimate of drug-likeness (QED) is 0.862. The molecule has 0 saturated heterocycles.